The van der Waals surface area contributed by atoms with E-state index in [0.29, 0.717) is 21.8 Å². The van der Waals surface area contributed by atoms with Crippen LogP contribution in [0.5, 0.6) is 0 Å². The van der Waals surface area contributed by atoms with E-state index in [4.69, 9.17) is 11.6 Å². The molecule has 2 N–H and O–H groups in total. The second-order valence-electron chi connectivity index (χ2n) is 6.05. The molecule has 3 aromatic carbocycles. The first kappa shape index (κ1) is 19.9. The van der Waals surface area contributed by atoms with Gasteiger partial charge in [-0.1, -0.05) is 17.7 Å². The van der Waals surface area contributed by atoms with Crippen LogP contribution in [0.4, 0.5) is 15.8 Å². The van der Waals surface area contributed by atoms with Gasteiger partial charge < -0.3 is 5.32 Å². The van der Waals surface area contributed by atoms with Gasteiger partial charge in [0.2, 0.25) is 0 Å². The van der Waals surface area contributed by atoms with E-state index in [2.05, 4.69) is 10.0 Å². The lowest BCUT2D eigenvalue weighted by molar-refractivity contribution is 0.102. The summed E-state index contributed by atoms with van der Waals surface area (Å²) in [6, 6.07) is 15.9. The summed E-state index contributed by atoms with van der Waals surface area (Å²) in [4.78, 5) is 12.3. The zero-order chi connectivity index (χ0) is 20.3. The SMILES string of the molecule is Cc1cc(S(=O)(=O)Nc2cccc(F)c2)ccc1NC(=O)c1ccc(Cl)cc1. The number of rotatable bonds is 5. The smallest absolute Gasteiger partial charge is 0.261 e. The highest BCUT2D eigenvalue weighted by atomic mass is 35.5. The topological polar surface area (TPSA) is 75.3 Å². The van der Waals surface area contributed by atoms with Gasteiger partial charge in [0.25, 0.3) is 15.9 Å². The summed E-state index contributed by atoms with van der Waals surface area (Å²) >= 11 is 5.81. The zero-order valence-corrected chi connectivity index (χ0v) is 16.3. The number of amides is 1. The summed E-state index contributed by atoms with van der Waals surface area (Å²) in [5.41, 5.74) is 1.58. The summed E-state index contributed by atoms with van der Waals surface area (Å²) in [5.74, 6) is -0.884. The maximum Gasteiger partial charge on any atom is 0.261 e. The highest BCUT2D eigenvalue weighted by Crippen LogP contribution is 2.23. The maximum absolute atomic E-state index is 13.3. The first-order valence-corrected chi connectivity index (χ1v) is 10.1. The number of carbonyl (C=O) groups excluding carboxylic acids is 1. The highest BCUT2D eigenvalue weighted by Gasteiger charge is 2.16. The molecule has 0 radical (unpaired) electrons. The fourth-order valence-electron chi connectivity index (χ4n) is 2.51. The van der Waals surface area contributed by atoms with E-state index in [1.807, 2.05) is 0 Å². The van der Waals surface area contributed by atoms with Crippen LogP contribution in [-0.4, -0.2) is 14.3 Å². The Kier molecular flexibility index (Phi) is 5.67. The van der Waals surface area contributed by atoms with Crippen molar-refractivity contribution in [2.45, 2.75) is 11.8 Å². The molecule has 0 heterocycles. The van der Waals surface area contributed by atoms with Crippen LogP contribution in [0.1, 0.15) is 15.9 Å². The molecule has 8 heteroatoms. The molecule has 0 atom stereocenters. The number of sulfonamides is 1. The number of anilines is 2. The predicted molar refractivity (Wildman–Crippen MR) is 108 cm³/mol. The molecule has 0 aliphatic rings. The Bertz CT molecular complexity index is 1130. The van der Waals surface area contributed by atoms with Gasteiger partial charge in [0.05, 0.1) is 10.6 Å². The molecule has 144 valence electrons. The highest BCUT2D eigenvalue weighted by molar-refractivity contribution is 7.92. The Morgan fingerprint density at radius 2 is 1.71 bits per heavy atom. The van der Waals surface area contributed by atoms with E-state index in [1.165, 1.54) is 36.4 Å². The molecule has 0 saturated heterocycles. The second kappa shape index (κ2) is 8.00. The molecule has 0 aromatic heterocycles. The van der Waals surface area contributed by atoms with Gasteiger partial charge in [-0.25, -0.2) is 12.8 Å². The first-order valence-electron chi connectivity index (χ1n) is 8.20. The lowest BCUT2D eigenvalue weighted by Gasteiger charge is -2.12. The summed E-state index contributed by atoms with van der Waals surface area (Å²) in [6.45, 7) is 1.68. The third-order valence-electron chi connectivity index (χ3n) is 3.94. The number of nitrogens with one attached hydrogen (secondary N) is 2. The van der Waals surface area contributed by atoms with Crippen LogP contribution >= 0.6 is 11.6 Å². The lowest BCUT2D eigenvalue weighted by atomic mass is 10.1. The number of hydrogen-bond acceptors (Lipinski definition) is 3. The van der Waals surface area contributed by atoms with Gasteiger partial charge in [-0.3, -0.25) is 9.52 Å². The Morgan fingerprint density at radius 3 is 2.36 bits per heavy atom. The average Bonchev–Trinajstić information content (AvgIpc) is 2.63. The molecule has 5 nitrogen and oxygen atoms in total. The van der Waals surface area contributed by atoms with Crippen LogP contribution in [0, 0.1) is 12.7 Å². The van der Waals surface area contributed by atoms with Crippen LogP contribution in [0.2, 0.25) is 5.02 Å². The molecule has 0 unspecified atom stereocenters. The Hall–Kier alpha value is -2.90. The number of aryl methyl sites for hydroxylation is 1. The van der Waals surface area contributed by atoms with Crippen LogP contribution in [0.15, 0.2) is 71.6 Å². The van der Waals surface area contributed by atoms with Crippen LogP contribution in [0.25, 0.3) is 0 Å². The van der Waals surface area contributed by atoms with Crippen molar-refractivity contribution in [2.75, 3.05) is 10.0 Å². The van der Waals surface area contributed by atoms with E-state index in [0.717, 1.165) is 6.07 Å². The summed E-state index contributed by atoms with van der Waals surface area (Å²) in [5, 5.41) is 3.26. The van der Waals surface area contributed by atoms with Gasteiger partial charge in [-0.05, 0) is 73.2 Å². The zero-order valence-electron chi connectivity index (χ0n) is 14.7. The Balaban J connectivity index is 1.79. The van der Waals surface area contributed by atoms with E-state index in [-0.39, 0.29) is 16.5 Å². The standard InChI is InChI=1S/C20H16ClFN2O3S/c1-13-11-18(28(26,27)24-17-4-2-3-16(22)12-17)9-10-19(13)23-20(25)14-5-7-15(21)8-6-14/h2-12,24H,1H3,(H,23,25). The summed E-state index contributed by atoms with van der Waals surface area (Å²) < 4.78 is 40.6. The first-order chi connectivity index (χ1) is 13.2. The lowest BCUT2D eigenvalue weighted by Crippen LogP contribution is -2.15. The number of carbonyl (C=O) groups is 1. The van der Waals surface area contributed by atoms with Crippen LogP contribution in [-0.2, 0) is 10.0 Å². The van der Waals surface area contributed by atoms with Gasteiger partial charge >= 0.3 is 0 Å². The Labute approximate surface area is 167 Å². The minimum absolute atomic E-state index is 0.00115. The molecular weight excluding hydrogens is 403 g/mol. The van der Waals surface area contributed by atoms with Crippen molar-refractivity contribution < 1.29 is 17.6 Å². The summed E-state index contributed by atoms with van der Waals surface area (Å²) in [6.07, 6.45) is 0. The van der Waals surface area contributed by atoms with Gasteiger partial charge in [-0.15, -0.1) is 0 Å². The van der Waals surface area contributed by atoms with Crippen molar-refractivity contribution in [3.05, 3.63) is 88.7 Å². The van der Waals surface area contributed by atoms with Gasteiger partial charge in [0.15, 0.2) is 0 Å². The van der Waals surface area contributed by atoms with Crippen molar-refractivity contribution >= 4 is 38.9 Å². The van der Waals surface area contributed by atoms with E-state index in [1.54, 1.807) is 31.2 Å². The van der Waals surface area contributed by atoms with Crippen molar-refractivity contribution in [3.8, 4) is 0 Å². The van der Waals surface area contributed by atoms with E-state index < -0.39 is 15.8 Å². The minimum Gasteiger partial charge on any atom is -0.322 e. The maximum atomic E-state index is 13.3. The second-order valence-corrected chi connectivity index (χ2v) is 8.17. The van der Waals surface area contributed by atoms with Gasteiger partial charge in [0.1, 0.15) is 5.82 Å². The van der Waals surface area contributed by atoms with Crippen LogP contribution < -0.4 is 10.0 Å². The number of halogens is 2. The molecule has 0 fully saturated rings. The Morgan fingerprint density at radius 1 is 1.00 bits per heavy atom. The fraction of sp³-hybridized carbons (Fsp3) is 0.0500. The molecule has 0 aliphatic carbocycles. The number of hydrogen-bond donors (Lipinski definition) is 2. The van der Waals surface area contributed by atoms with Gasteiger partial charge in [-0.2, -0.15) is 0 Å². The quantitative estimate of drug-likeness (QED) is 0.622. The summed E-state index contributed by atoms with van der Waals surface area (Å²) in [7, 11) is -3.90. The largest absolute Gasteiger partial charge is 0.322 e. The molecular formula is C20H16ClFN2O3S. The van der Waals surface area contributed by atoms with Crippen molar-refractivity contribution in [2.24, 2.45) is 0 Å². The van der Waals surface area contributed by atoms with Crippen molar-refractivity contribution in [1.29, 1.82) is 0 Å². The molecule has 3 aromatic rings. The molecule has 0 saturated carbocycles. The number of benzene rings is 3. The minimum atomic E-state index is -3.90. The normalized spacial score (nSPS) is 11.1. The van der Waals surface area contributed by atoms with Crippen molar-refractivity contribution in [1.82, 2.24) is 0 Å². The molecule has 0 aliphatic heterocycles. The molecule has 0 spiro atoms. The van der Waals surface area contributed by atoms with E-state index >= 15 is 0 Å². The monoisotopic (exact) mass is 418 g/mol. The molecule has 0 bridgehead atoms. The molecule has 1 amide bonds. The fourth-order valence-corrected chi connectivity index (χ4v) is 3.77. The van der Waals surface area contributed by atoms with Gasteiger partial charge in [0, 0.05) is 16.3 Å². The van der Waals surface area contributed by atoms with Crippen LogP contribution in [0.3, 0.4) is 0 Å². The third kappa shape index (κ3) is 4.68. The third-order valence-corrected chi connectivity index (χ3v) is 5.57. The molecule has 28 heavy (non-hydrogen) atoms. The predicted octanol–water partition coefficient (Wildman–Crippen LogP) is 4.84. The van der Waals surface area contributed by atoms with Crippen molar-refractivity contribution in [3.63, 3.8) is 0 Å². The van der Waals surface area contributed by atoms with E-state index in [9.17, 15) is 17.6 Å². The molecule has 3 rings (SSSR count). The average molecular weight is 419 g/mol.